The van der Waals surface area contributed by atoms with E-state index in [1.807, 2.05) is 31.2 Å². The van der Waals surface area contributed by atoms with Gasteiger partial charge in [0.05, 0.1) is 12.1 Å². The molecule has 1 aromatic heterocycles. The highest BCUT2D eigenvalue weighted by atomic mass is 35.5. The summed E-state index contributed by atoms with van der Waals surface area (Å²) in [6, 6.07) is 7.63. The number of nitrogens with one attached hydrogen (secondary N) is 2. The second-order valence-corrected chi connectivity index (χ2v) is 5.35. The van der Waals surface area contributed by atoms with Crippen LogP contribution in [0.5, 0.6) is 0 Å². The van der Waals surface area contributed by atoms with Crippen molar-refractivity contribution in [1.82, 2.24) is 10.3 Å². The smallest absolute Gasteiger partial charge is 0.228 e. The van der Waals surface area contributed by atoms with Crippen molar-refractivity contribution in [2.24, 2.45) is 5.92 Å². The maximum atomic E-state index is 12.1. The molecule has 1 aliphatic rings. The maximum Gasteiger partial charge on any atom is 0.228 e. The van der Waals surface area contributed by atoms with Crippen LogP contribution >= 0.6 is 12.4 Å². The predicted molar refractivity (Wildman–Crippen MR) is 88.1 cm³/mol. The number of carbonyl (C=O) groups is 1. The molecule has 2 aromatic rings. The van der Waals surface area contributed by atoms with E-state index >= 15 is 0 Å². The first-order valence-electron chi connectivity index (χ1n) is 7.27. The molecule has 1 unspecified atom stereocenters. The zero-order chi connectivity index (χ0) is 14.7. The van der Waals surface area contributed by atoms with Crippen LogP contribution in [0.3, 0.4) is 0 Å². The maximum absolute atomic E-state index is 12.1. The lowest BCUT2D eigenvalue weighted by Crippen LogP contribution is -2.37. The number of rotatable bonds is 3. The molecule has 0 radical (unpaired) electrons. The highest BCUT2D eigenvalue weighted by molar-refractivity contribution is 5.93. The number of amides is 1. The summed E-state index contributed by atoms with van der Waals surface area (Å²) in [6.45, 7) is 3.59. The fraction of sp³-hybridized carbons (Fsp3) is 0.375. The lowest BCUT2D eigenvalue weighted by molar-refractivity contribution is -0.120. The van der Waals surface area contributed by atoms with Crippen molar-refractivity contribution >= 4 is 24.0 Å². The molecule has 1 aliphatic heterocycles. The molecule has 0 aliphatic carbocycles. The lowest BCUT2D eigenvalue weighted by Gasteiger charge is -2.21. The molecule has 6 heteroatoms. The average molecular weight is 322 g/mol. The second kappa shape index (κ2) is 7.42. The Morgan fingerprint density at radius 1 is 1.36 bits per heavy atom. The average Bonchev–Trinajstić information content (AvgIpc) is 2.95. The summed E-state index contributed by atoms with van der Waals surface area (Å²) in [5, 5.41) is 6.22. The fourth-order valence-electron chi connectivity index (χ4n) is 2.53. The van der Waals surface area contributed by atoms with Crippen LogP contribution in [0.15, 0.2) is 34.9 Å². The first kappa shape index (κ1) is 16.5. The van der Waals surface area contributed by atoms with E-state index in [2.05, 4.69) is 15.6 Å². The van der Waals surface area contributed by atoms with Gasteiger partial charge in [0.2, 0.25) is 5.91 Å². The van der Waals surface area contributed by atoms with Gasteiger partial charge in [0, 0.05) is 24.7 Å². The topological polar surface area (TPSA) is 67.2 Å². The van der Waals surface area contributed by atoms with Crippen LogP contribution in [0.2, 0.25) is 0 Å². The van der Waals surface area contributed by atoms with Crippen molar-refractivity contribution in [2.45, 2.75) is 19.8 Å². The number of benzene rings is 1. The summed E-state index contributed by atoms with van der Waals surface area (Å²) in [6.07, 6.45) is 3.72. The van der Waals surface area contributed by atoms with Gasteiger partial charge in [-0.05, 0) is 43.7 Å². The monoisotopic (exact) mass is 321 g/mol. The summed E-state index contributed by atoms with van der Waals surface area (Å²) in [5.41, 5.74) is 1.76. The van der Waals surface area contributed by atoms with Crippen molar-refractivity contribution in [1.29, 1.82) is 0 Å². The van der Waals surface area contributed by atoms with Gasteiger partial charge in [-0.15, -0.1) is 12.4 Å². The molecule has 0 saturated carbocycles. The number of aromatic nitrogens is 1. The number of halogens is 1. The number of anilines is 1. The highest BCUT2D eigenvalue weighted by Gasteiger charge is 2.20. The van der Waals surface area contributed by atoms with Gasteiger partial charge in [-0.2, -0.15) is 0 Å². The molecule has 3 rings (SSSR count). The van der Waals surface area contributed by atoms with E-state index in [1.54, 1.807) is 6.20 Å². The van der Waals surface area contributed by atoms with Crippen LogP contribution in [0.25, 0.3) is 11.3 Å². The Morgan fingerprint density at radius 2 is 2.14 bits per heavy atom. The molecule has 5 nitrogen and oxygen atoms in total. The molecule has 2 N–H and O–H groups in total. The van der Waals surface area contributed by atoms with Crippen LogP contribution in [0.4, 0.5) is 5.69 Å². The lowest BCUT2D eigenvalue weighted by atomic mass is 9.99. The molecule has 1 fully saturated rings. The van der Waals surface area contributed by atoms with E-state index < -0.39 is 0 Å². The second-order valence-electron chi connectivity index (χ2n) is 5.35. The van der Waals surface area contributed by atoms with Gasteiger partial charge in [-0.1, -0.05) is 0 Å². The quantitative estimate of drug-likeness (QED) is 0.912. The number of aryl methyl sites for hydroxylation is 1. The standard InChI is InChI=1S/C16H19N3O2.ClH/c1-11-18-10-15(21-11)12-4-6-14(7-5-12)19-16(20)13-3-2-8-17-9-13;/h4-7,10,13,17H,2-3,8-9H2,1H3,(H,19,20);1H. The van der Waals surface area contributed by atoms with Crippen LogP contribution in [0.1, 0.15) is 18.7 Å². The molecular formula is C16H20ClN3O2. The number of hydrogen-bond acceptors (Lipinski definition) is 4. The van der Waals surface area contributed by atoms with E-state index in [4.69, 9.17) is 4.42 Å². The van der Waals surface area contributed by atoms with Crippen molar-refractivity contribution in [3.8, 4) is 11.3 Å². The zero-order valence-corrected chi connectivity index (χ0v) is 13.3. The number of nitrogens with zero attached hydrogens (tertiary/aromatic N) is 1. The SMILES string of the molecule is Cc1ncc(-c2ccc(NC(=O)C3CCCNC3)cc2)o1.Cl. The minimum Gasteiger partial charge on any atom is -0.441 e. The normalized spacial score (nSPS) is 17.6. The highest BCUT2D eigenvalue weighted by Crippen LogP contribution is 2.22. The van der Waals surface area contributed by atoms with E-state index in [0.29, 0.717) is 5.89 Å². The van der Waals surface area contributed by atoms with Crippen molar-refractivity contribution in [3.05, 3.63) is 36.4 Å². The third kappa shape index (κ3) is 3.87. The summed E-state index contributed by atoms with van der Waals surface area (Å²) in [7, 11) is 0. The van der Waals surface area contributed by atoms with Crippen LogP contribution in [0, 0.1) is 12.8 Å². The molecule has 22 heavy (non-hydrogen) atoms. The van der Waals surface area contributed by atoms with E-state index in [1.165, 1.54) is 0 Å². The molecule has 1 saturated heterocycles. The molecule has 1 atom stereocenters. The molecule has 1 amide bonds. The Kier molecular flexibility index (Phi) is 5.57. The Morgan fingerprint density at radius 3 is 2.73 bits per heavy atom. The third-order valence-corrected chi connectivity index (χ3v) is 3.73. The third-order valence-electron chi connectivity index (χ3n) is 3.73. The Hall–Kier alpha value is -1.85. The van der Waals surface area contributed by atoms with Crippen LogP contribution < -0.4 is 10.6 Å². The molecule has 1 aromatic carbocycles. The summed E-state index contributed by atoms with van der Waals surface area (Å²) in [4.78, 5) is 16.2. The van der Waals surface area contributed by atoms with Gasteiger partial charge in [-0.3, -0.25) is 4.79 Å². The van der Waals surface area contributed by atoms with Gasteiger partial charge >= 0.3 is 0 Å². The van der Waals surface area contributed by atoms with E-state index in [0.717, 1.165) is 42.9 Å². The van der Waals surface area contributed by atoms with Crippen molar-refractivity contribution in [2.75, 3.05) is 18.4 Å². The minimum atomic E-state index is 0. The van der Waals surface area contributed by atoms with Gasteiger partial charge in [0.1, 0.15) is 0 Å². The molecule has 0 bridgehead atoms. The van der Waals surface area contributed by atoms with Crippen molar-refractivity contribution in [3.63, 3.8) is 0 Å². The Bertz CT molecular complexity index is 619. The summed E-state index contributed by atoms with van der Waals surface area (Å²) in [5.74, 6) is 1.54. The van der Waals surface area contributed by atoms with E-state index in [9.17, 15) is 4.79 Å². The fourth-order valence-corrected chi connectivity index (χ4v) is 2.53. The number of hydrogen-bond donors (Lipinski definition) is 2. The van der Waals surface area contributed by atoms with Gasteiger partial charge in [-0.25, -0.2) is 4.98 Å². The predicted octanol–water partition coefficient (Wildman–Crippen LogP) is 3.01. The minimum absolute atomic E-state index is 0. The largest absolute Gasteiger partial charge is 0.441 e. The Balaban J connectivity index is 0.00000176. The Labute approximate surface area is 135 Å². The number of oxazole rings is 1. The number of carbonyl (C=O) groups excluding carboxylic acids is 1. The van der Waals surface area contributed by atoms with Gasteiger partial charge in [0.25, 0.3) is 0 Å². The van der Waals surface area contributed by atoms with Crippen molar-refractivity contribution < 1.29 is 9.21 Å². The van der Waals surface area contributed by atoms with Crippen LogP contribution in [-0.2, 0) is 4.79 Å². The molecule has 0 spiro atoms. The molecule has 2 heterocycles. The number of piperidine rings is 1. The molecule has 118 valence electrons. The van der Waals surface area contributed by atoms with Gasteiger partial charge < -0.3 is 15.1 Å². The van der Waals surface area contributed by atoms with Gasteiger partial charge in [0.15, 0.2) is 11.7 Å². The summed E-state index contributed by atoms with van der Waals surface area (Å²) < 4.78 is 5.48. The summed E-state index contributed by atoms with van der Waals surface area (Å²) >= 11 is 0. The molecular weight excluding hydrogens is 302 g/mol. The first-order chi connectivity index (χ1) is 10.2. The van der Waals surface area contributed by atoms with E-state index in [-0.39, 0.29) is 24.2 Å². The zero-order valence-electron chi connectivity index (χ0n) is 12.5. The first-order valence-corrected chi connectivity index (χ1v) is 7.27. The van der Waals surface area contributed by atoms with Crippen LogP contribution in [-0.4, -0.2) is 24.0 Å².